The number of aromatic nitrogens is 2. The molecule has 6 heteroatoms. The van der Waals surface area contributed by atoms with Gasteiger partial charge in [0.25, 0.3) is 0 Å². The molecule has 0 spiro atoms. The highest BCUT2D eigenvalue weighted by Gasteiger charge is 2.15. The normalized spacial score (nSPS) is 10.1. The van der Waals surface area contributed by atoms with Gasteiger partial charge in [-0.1, -0.05) is 24.6 Å². The van der Waals surface area contributed by atoms with Crippen LogP contribution in [0.2, 0.25) is 5.02 Å². The Hall–Kier alpha value is -2.34. The van der Waals surface area contributed by atoms with Gasteiger partial charge >= 0.3 is 0 Å². The smallest absolute Gasteiger partial charge is 0.177 e. The Labute approximate surface area is 128 Å². The average Bonchev–Trinajstić information content (AvgIpc) is 2.91. The van der Waals surface area contributed by atoms with E-state index < -0.39 is 0 Å². The van der Waals surface area contributed by atoms with Gasteiger partial charge in [0.05, 0.1) is 5.69 Å². The molecule has 1 N–H and O–H groups in total. The number of nitrogens with zero attached hydrogens (tertiary/aromatic N) is 4. The zero-order chi connectivity index (χ0) is 15.2. The highest BCUT2D eigenvalue weighted by molar-refractivity contribution is 6.31. The van der Waals surface area contributed by atoms with E-state index in [-0.39, 0.29) is 11.4 Å². The average molecular weight is 300 g/mol. The van der Waals surface area contributed by atoms with Crippen molar-refractivity contribution in [1.82, 2.24) is 14.9 Å². The van der Waals surface area contributed by atoms with E-state index in [4.69, 9.17) is 16.9 Å². The van der Waals surface area contributed by atoms with Crippen LogP contribution in [0, 0.1) is 22.7 Å². The van der Waals surface area contributed by atoms with Crippen LogP contribution in [0.3, 0.4) is 0 Å². The molecule has 0 aliphatic heterocycles. The molecule has 0 aliphatic carbocycles. The van der Waals surface area contributed by atoms with E-state index in [1.54, 1.807) is 4.57 Å². The molecule has 21 heavy (non-hydrogen) atoms. The number of halogens is 1. The molecule has 106 valence electrons. The summed E-state index contributed by atoms with van der Waals surface area (Å²) in [5.41, 5.74) is 1.98. The molecule has 2 rings (SSSR count). The number of hydrogen-bond acceptors (Lipinski definition) is 4. The molecule has 2 aromatic rings. The summed E-state index contributed by atoms with van der Waals surface area (Å²) in [4.78, 5) is 3.96. The molecule has 1 heterocycles. The van der Waals surface area contributed by atoms with E-state index in [9.17, 15) is 5.26 Å². The maximum absolute atomic E-state index is 9.24. The molecule has 1 aromatic heterocycles. The minimum Gasteiger partial charge on any atom is -0.313 e. The molecular formula is C15H14ClN5. The van der Waals surface area contributed by atoms with Crippen molar-refractivity contribution in [2.75, 3.05) is 6.54 Å². The van der Waals surface area contributed by atoms with Crippen LogP contribution in [-0.4, -0.2) is 16.1 Å². The summed E-state index contributed by atoms with van der Waals surface area (Å²) in [5.74, 6) is 0. The van der Waals surface area contributed by atoms with E-state index in [1.807, 2.05) is 30.3 Å². The predicted molar refractivity (Wildman–Crippen MR) is 80.0 cm³/mol. The molecule has 0 bridgehead atoms. The zero-order valence-corrected chi connectivity index (χ0v) is 12.4. The van der Waals surface area contributed by atoms with Crippen molar-refractivity contribution in [3.8, 4) is 17.8 Å². The predicted octanol–water partition coefficient (Wildman–Crippen LogP) is 2.77. The van der Waals surface area contributed by atoms with Crippen LogP contribution in [0.15, 0.2) is 24.5 Å². The minimum atomic E-state index is 0.116. The first-order chi connectivity index (χ1) is 10.2. The number of imidazole rings is 1. The third kappa shape index (κ3) is 3.05. The van der Waals surface area contributed by atoms with Gasteiger partial charge in [0.2, 0.25) is 0 Å². The topological polar surface area (TPSA) is 77.4 Å². The molecule has 0 unspecified atom stereocenters. The molecule has 0 radical (unpaired) electrons. The van der Waals surface area contributed by atoms with Crippen LogP contribution in [0.5, 0.6) is 0 Å². The molecule has 1 aromatic carbocycles. The summed E-state index contributed by atoms with van der Waals surface area (Å²) >= 11 is 6.27. The number of nitriles is 2. The number of rotatable bonds is 5. The first-order valence-corrected chi connectivity index (χ1v) is 6.96. The number of nitrogens with one attached hydrogen (secondary N) is 1. The van der Waals surface area contributed by atoms with Crippen molar-refractivity contribution in [3.63, 3.8) is 0 Å². The third-order valence-electron chi connectivity index (χ3n) is 3.06. The van der Waals surface area contributed by atoms with Crippen LogP contribution in [0.4, 0.5) is 0 Å². The quantitative estimate of drug-likeness (QED) is 0.861. The minimum absolute atomic E-state index is 0.116. The van der Waals surface area contributed by atoms with Crippen LogP contribution < -0.4 is 5.32 Å². The summed E-state index contributed by atoms with van der Waals surface area (Å²) < 4.78 is 1.60. The second-order valence-electron chi connectivity index (χ2n) is 4.45. The van der Waals surface area contributed by atoms with Crippen molar-refractivity contribution in [2.24, 2.45) is 0 Å². The van der Waals surface area contributed by atoms with Crippen molar-refractivity contribution in [1.29, 1.82) is 10.5 Å². The van der Waals surface area contributed by atoms with Gasteiger partial charge in [0.1, 0.15) is 18.5 Å². The second kappa shape index (κ2) is 6.90. The lowest BCUT2D eigenvalue weighted by Gasteiger charge is -2.13. The number of benzene rings is 1. The Bertz CT molecular complexity index is 721. The summed E-state index contributed by atoms with van der Waals surface area (Å²) in [5, 5.41) is 22.1. The third-order valence-corrected chi connectivity index (χ3v) is 3.42. The van der Waals surface area contributed by atoms with E-state index in [0.29, 0.717) is 11.6 Å². The Morgan fingerprint density at radius 3 is 2.81 bits per heavy atom. The Kier molecular flexibility index (Phi) is 4.94. The molecular weight excluding hydrogens is 286 g/mol. The second-order valence-corrected chi connectivity index (χ2v) is 4.86. The van der Waals surface area contributed by atoms with E-state index >= 15 is 0 Å². The fourth-order valence-electron chi connectivity index (χ4n) is 2.06. The van der Waals surface area contributed by atoms with Gasteiger partial charge < -0.3 is 5.32 Å². The van der Waals surface area contributed by atoms with Crippen molar-refractivity contribution in [2.45, 2.75) is 19.9 Å². The summed E-state index contributed by atoms with van der Waals surface area (Å²) in [6.45, 7) is 3.56. The van der Waals surface area contributed by atoms with Crippen molar-refractivity contribution >= 4 is 11.6 Å². The Morgan fingerprint density at radius 1 is 1.33 bits per heavy atom. The molecule has 0 saturated heterocycles. The monoisotopic (exact) mass is 299 g/mol. The zero-order valence-electron chi connectivity index (χ0n) is 11.6. The van der Waals surface area contributed by atoms with Gasteiger partial charge in [-0.15, -0.1) is 0 Å². The lowest BCUT2D eigenvalue weighted by Crippen LogP contribution is -2.16. The Morgan fingerprint density at radius 2 is 2.14 bits per heavy atom. The largest absolute Gasteiger partial charge is 0.313 e. The standard InChI is InChI=1S/C15H14ClN5/c1-2-6-19-9-11-12(16)4-3-5-14(11)21-10-20-13(7-17)15(21)8-18/h3-5,10,19H,2,6,9H2,1H3. The van der Waals surface area contributed by atoms with Gasteiger partial charge in [-0.25, -0.2) is 4.98 Å². The fraction of sp³-hybridized carbons (Fsp3) is 0.267. The lowest BCUT2D eigenvalue weighted by molar-refractivity contribution is 0.673. The highest BCUT2D eigenvalue weighted by atomic mass is 35.5. The number of hydrogen-bond donors (Lipinski definition) is 1. The molecule has 0 aliphatic rings. The van der Waals surface area contributed by atoms with Gasteiger partial charge in [-0.3, -0.25) is 4.57 Å². The van der Waals surface area contributed by atoms with Crippen LogP contribution >= 0.6 is 11.6 Å². The first-order valence-electron chi connectivity index (χ1n) is 6.59. The Balaban J connectivity index is 2.50. The molecule has 0 atom stereocenters. The first kappa shape index (κ1) is 15.1. The summed E-state index contributed by atoms with van der Waals surface area (Å²) in [7, 11) is 0. The van der Waals surface area contributed by atoms with Crippen molar-refractivity contribution < 1.29 is 0 Å². The summed E-state index contributed by atoms with van der Waals surface area (Å²) in [6.07, 6.45) is 2.50. The van der Waals surface area contributed by atoms with Crippen molar-refractivity contribution in [3.05, 3.63) is 46.5 Å². The van der Waals surface area contributed by atoms with Gasteiger partial charge in [0.15, 0.2) is 11.4 Å². The highest BCUT2D eigenvalue weighted by Crippen LogP contribution is 2.25. The van der Waals surface area contributed by atoms with E-state index in [2.05, 4.69) is 17.2 Å². The van der Waals surface area contributed by atoms with Crippen LogP contribution in [-0.2, 0) is 6.54 Å². The molecule has 0 amide bonds. The molecule has 0 saturated carbocycles. The fourth-order valence-corrected chi connectivity index (χ4v) is 2.29. The van der Waals surface area contributed by atoms with Crippen LogP contribution in [0.1, 0.15) is 30.3 Å². The van der Waals surface area contributed by atoms with E-state index in [0.717, 1.165) is 24.2 Å². The lowest BCUT2D eigenvalue weighted by atomic mass is 10.1. The van der Waals surface area contributed by atoms with Gasteiger partial charge in [-0.2, -0.15) is 10.5 Å². The maximum atomic E-state index is 9.24. The van der Waals surface area contributed by atoms with Gasteiger partial charge in [-0.05, 0) is 25.1 Å². The SMILES string of the molecule is CCCNCc1c(Cl)cccc1-n1cnc(C#N)c1C#N. The summed E-state index contributed by atoms with van der Waals surface area (Å²) in [6, 6.07) is 9.42. The van der Waals surface area contributed by atoms with Gasteiger partial charge in [0, 0.05) is 17.1 Å². The maximum Gasteiger partial charge on any atom is 0.177 e. The molecule has 0 fully saturated rings. The molecule has 5 nitrogen and oxygen atoms in total. The van der Waals surface area contributed by atoms with Crippen LogP contribution in [0.25, 0.3) is 5.69 Å². The van der Waals surface area contributed by atoms with E-state index in [1.165, 1.54) is 6.33 Å².